The second-order valence-electron chi connectivity index (χ2n) is 5.45. The zero-order valence-electron chi connectivity index (χ0n) is 14.1. The lowest BCUT2D eigenvalue weighted by Crippen LogP contribution is -1.98. The van der Waals surface area contributed by atoms with Crippen LogP contribution < -0.4 is 9.47 Å². The third-order valence-electron chi connectivity index (χ3n) is 3.72. The Morgan fingerprint density at radius 3 is 2.52 bits per heavy atom. The number of ether oxygens (including phenoxy) is 2. The number of pyridine rings is 1. The molecule has 3 aromatic rings. The van der Waals surface area contributed by atoms with Gasteiger partial charge in [-0.2, -0.15) is 0 Å². The third-order valence-corrected chi connectivity index (χ3v) is 3.72. The first-order valence-corrected chi connectivity index (χ1v) is 8.16. The van der Waals surface area contributed by atoms with E-state index in [1.165, 1.54) is 0 Å². The molecule has 25 heavy (non-hydrogen) atoms. The van der Waals surface area contributed by atoms with Crippen LogP contribution in [0.15, 0.2) is 66.9 Å². The molecule has 1 aromatic heterocycles. The smallest absolute Gasteiger partial charge is 0.213 e. The van der Waals surface area contributed by atoms with Crippen LogP contribution in [-0.2, 0) is 6.61 Å². The lowest BCUT2D eigenvalue weighted by Gasteiger charge is -2.11. The van der Waals surface area contributed by atoms with Crippen LogP contribution in [0.2, 0.25) is 0 Å². The monoisotopic (exact) mass is 329 g/mol. The number of rotatable bonds is 6. The van der Waals surface area contributed by atoms with Crippen molar-refractivity contribution in [2.75, 3.05) is 6.61 Å². The maximum Gasteiger partial charge on any atom is 0.213 e. The van der Waals surface area contributed by atoms with E-state index in [1.54, 1.807) is 6.20 Å². The molecular formula is C22H19NO2. The molecule has 0 unspecified atom stereocenters. The fraction of sp³-hybridized carbons (Fsp3) is 0.136. The van der Waals surface area contributed by atoms with Gasteiger partial charge in [0, 0.05) is 29.0 Å². The van der Waals surface area contributed by atoms with Gasteiger partial charge in [-0.3, -0.25) is 0 Å². The van der Waals surface area contributed by atoms with Crippen LogP contribution in [0.5, 0.6) is 11.6 Å². The van der Waals surface area contributed by atoms with E-state index in [2.05, 4.69) is 10.9 Å². The van der Waals surface area contributed by atoms with Gasteiger partial charge >= 0.3 is 0 Å². The van der Waals surface area contributed by atoms with Gasteiger partial charge in [0.05, 0.1) is 6.61 Å². The lowest BCUT2D eigenvalue weighted by molar-refractivity contribution is 0.294. The molecule has 0 aliphatic rings. The predicted molar refractivity (Wildman–Crippen MR) is 99.6 cm³/mol. The minimum atomic E-state index is 0.490. The molecule has 1 heterocycles. The molecule has 0 aliphatic heterocycles. The second-order valence-corrected chi connectivity index (χ2v) is 5.45. The molecule has 0 saturated carbocycles. The molecule has 0 N–H and O–H groups in total. The summed E-state index contributed by atoms with van der Waals surface area (Å²) in [6.45, 7) is 3.04. The summed E-state index contributed by atoms with van der Waals surface area (Å²) in [6, 6.07) is 19.5. The summed E-state index contributed by atoms with van der Waals surface area (Å²) >= 11 is 0. The van der Waals surface area contributed by atoms with Crippen molar-refractivity contribution >= 4 is 0 Å². The Kier molecular flexibility index (Phi) is 5.33. The molecule has 0 amide bonds. The van der Waals surface area contributed by atoms with E-state index in [-0.39, 0.29) is 0 Å². The van der Waals surface area contributed by atoms with Crippen molar-refractivity contribution in [1.82, 2.24) is 4.98 Å². The summed E-state index contributed by atoms with van der Waals surface area (Å²) < 4.78 is 11.4. The second kappa shape index (κ2) is 8.03. The van der Waals surface area contributed by atoms with Gasteiger partial charge in [0.25, 0.3) is 0 Å². The minimum absolute atomic E-state index is 0.490. The molecule has 0 fully saturated rings. The van der Waals surface area contributed by atoms with Crippen LogP contribution >= 0.6 is 0 Å². The molecule has 124 valence electrons. The first-order chi connectivity index (χ1) is 12.3. The van der Waals surface area contributed by atoms with E-state index in [4.69, 9.17) is 15.9 Å². The van der Waals surface area contributed by atoms with Crippen molar-refractivity contribution in [3.05, 3.63) is 78.0 Å². The Balaban J connectivity index is 1.79. The van der Waals surface area contributed by atoms with E-state index in [0.29, 0.717) is 19.1 Å². The molecule has 0 bridgehead atoms. The molecule has 3 heteroatoms. The van der Waals surface area contributed by atoms with E-state index in [9.17, 15) is 0 Å². The highest BCUT2D eigenvalue weighted by atomic mass is 16.5. The first-order valence-electron chi connectivity index (χ1n) is 8.16. The number of benzene rings is 2. The van der Waals surface area contributed by atoms with Gasteiger partial charge in [-0.15, -0.1) is 6.42 Å². The van der Waals surface area contributed by atoms with Crippen molar-refractivity contribution in [3.8, 4) is 35.1 Å². The van der Waals surface area contributed by atoms with Crippen LogP contribution in [0.3, 0.4) is 0 Å². The molecule has 0 saturated heterocycles. The van der Waals surface area contributed by atoms with Gasteiger partial charge in [-0.25, -0.2) is 4.98 Å². The number of aromatic nitrogens is 1. The molecule has 0 radical (unpaired) electrons. The largest absolute Gasteiger partial charge is 0.493 e. The summed E-state index contributed by atoms with van der Waals surface area (Å²) in [5.41, 5.74) is 3.78. The van der Waals surface area contributed by atoms with Gasteiger partial charge in [0.1, 0.15) is 12.4 Å². The average molecular weight is 329 g/mol. The van der Waals surface area contributed by atoms with Crippen LogP contribution in [-0.4, -0.2) is 11.6 Å². The number of hydrogen-bond donors (Lipinski definition) is 0. The number of nitrogens with zero attached hydrogens (tertiary/aromatic N) is 1. The molecule has 0 atom stereocenters. The summed E-state index contributed by atoms with van der Waals surface area (Å²) in [7, 11) is 0. The summed E-state index contributed by atoms with van der Waals surface area (Å²) in [5.74, 6) is 4.03. The van der Waals surface area contributed by atoms with Gasteiger partial charge < -0.3 is 9.47 Å². The Labute approximate surface area is 148 Å². The molecule has 0 spiro atoms. The van der Waals surface area contributed by atoms with E-state index in [1.807, 2.05) is 67.6 Å². The summed E-state index contributed by atoms with van der Waals surface area (Å²) in [6.07, 6.45) is 7.29. The lowest BCUT2D eigenvalue weighted by atomic mass is 10.0. The Morgan fingerprint density at radius 1 is 1.00 bits per heavy atom. The molecule has 3 nitrogen and oxygen atoms in total. The van der Waals surface area contributed by atoms with Crippen LogP contribution in [0.4, 0.5) is 0 Å². The standard InChI is InChI=1S/C22H19NO2/c1-3-17-10-12-21(24-4-2)20(14-17)19-11-13-22(23-15-19)25-16-18-8-6-5-7-9-18/h1,5-15H,4,16H2,2H3. The fourth-order valence-electron chi connectivity index (χ4n) is 2.48. The molecule has 2 aromatic carbocycles. The molecular weight excluding hydrogens is 310 g/mol. The van der Waals surface area contributed by atoms with Gasteiger partial charge in [0.15, 0.2) is 0 Å². The van der Waals surface area contributed by atoms with Gasteiger partial charge in [-0.05, 0) is 36.8 Å². The Morgan fingerprint density at radius 2 is 1.84 bits per heavy atom. The minimum Gasteiger partial charge on any atom is -0.493 e. The number of terminal acetylenes is 1. The van der Waals surface area contributed by atoms with Crippen LogP contribution in [0.25, 0.3) is 11.1 Å². The van der Waals surface area contributed by atoms with Crippen molar-refractivity contribution in [2.24, 2.45) is 0 Å². The van der Waals surface area contributed by atoms with Crippen molar-refractivity contribution in [1.29, 1.82) is 0 Å². The van der Waals surface area contributed by atoms with Crippen LogP contribution in [0.1, 0.15) is 18.1 Å². The highest BCUT2D eigenvalue weighted by Crippen LogP contribution is 2.31. The maximum absolute atomic E-state index is 5.73. The Bertz CT molecular complexity index is 865. The highest BCUT2D eigenvalue weighted by molar-refractivity contribution is 5.71. The topological polar surface area (TPSA) is 31.4 Å². The van der Waals surface area contributed by atoms with Crippen molar-refractivity contribution < 1.29 is 9.47 Å². The first kappa shape index (κ1) is 16.6. The van der Waals surface area contributed by atoms with E-state index < -0.39 is 0 Å². The summed E-state index contributed by atoms with van der Waals surface area (Å²) in [5, 5.41) is 0. The molecule has 3 rings (SSSR count). The normalized spacial score (nSPS) is 10.1. The molecule has 0 aliphatic carbocycles. The van der Waals surface area contributed by atoms with E-state index >= 15 is 0 Å². The zero-order chi connectivity index (χ0) is 17.5. The predicted octanol–water partition coefficient (Wildman–Crippen LogP) is 4.71. The van der Waals surface area contributed by atoms with Crippen molar-refractivity contribution in [3.63, 3.8) is 0 Å². The number of hydrogen-bond acceptors (Lipinski definition) is 3. The Hall–Kier alpha value is -3.25. The van der Waals surface area contributed by atoms with Gasteiger partial charge in [-0.1, -0.05) is 36.3 Å². The average Bonchev–Trinajstić information content (AvgIpc) is 2.68. The van der Waals surface area contributed by atoms with Gasteiger partial charge in [0.2, 0.25) is 5.88 Å². The third kappa shape index (κ3) is 4.19. The van der Waals surface area contributed by atoms with Crippen LogP contribution in [0, 0.1) is 12.3 Å². The van der Waals surface area contributed by atoms with Crippen molar-refractivity contribution in [2.45, 2.75) is 13.5 Å². The highest BCUT2D eigenvalue weighted by Gasteiger charge is 2.08. The summed E-state index contributed by atoms with van der Waals surface area (Å²) in [4.78, 5) is 4.40. The van der Waals surface area contributed by atoms with E-state index in [0.717, 1.165) is 28.0 Å². The fourth-order valence-corrected chi connectivity index (χ4v) is 2.48. The quantitative estimate of drug-likeness (QED) is 0.614. The maximum atomic E-state index is 5.73. The zero-order valence-corrected chi connectivity index (χ0v) is 14.1. The SMILES string of the molecule is C#Cc1ccc(OCC)c(-c2ccc(OCc3ccccc3)nc2)c1.